The Hall–Kier alpha value is -1.05. The van der Waals surface area contributed by atoms with Crippen molar-refractivity contribution in [2.75, 3.05) is 18.9 Å². The van der Waals surface area contributed by atoms with Gasteiger partial charge in [-0.3, -0.25) is 0 Å². The van der Waals surface area contributed by atoms with E-state index in [-0.39, 0.29) is 0 Å². The number of thiophene rings is 1. The number of hydrogen-bond acceptors (Lipinski definition) is 4. The van der Waals surface area contributed by atoms with Gasteiger partial charge in [0, 0.05) is 30.1 Å². The number of nitrogens with zero attached hydrogens (tertiary/aromatic N) is 1. The molecule has 3 rings (SSSR count). The van der Waals surface area contributed by atoms with E-state index in [0.29, 0.717) is 6.04 Å². The summed E-state index contributed by atoms with van der Waals surface area (Å²) in [6.07, 6.45) is 9.21. The van der Waals surface area contributed by atoms with Gasteiger partial charge in [-0.05, 0) is 18.8 Å². The maximum Gasteiger partial charge on any atom is 0.107 e. The summed E-state index contributed by atoms with van der Waals surface area (Å²) < 4.78 is 0. The highest BCUT2D eigenvalue weighted by molar-refractivity contribution is 7.16. The summed E-state index contributed by atoms with van der Waals surface area (Å²) in [7, 11) is 1.92. The van der Waals surface area contributed by atoms with Crippen LogP contribution in [0.5, 0.6) is 0 Å². The Bertz CT molecular complexity index is 509. The zero-order valence-corrected chi connectivity index (χ0v) is 13.0. The Morgan fingerprint density at radius 1 is 1.35 bits per heavy atom. The van der Waals surface area contributed by atoms with Gasteiger partial charge < -0.3 is 10.6 Å². The van der Waals surface area contributed by atoms with Crippen LogP contribution in [0.15, 0.2) is 0 Å². The monoisotopic (exact) mass is 289 g/mol. The molecule has 2 N–H and O–H groups in total. The van der Waals surface area contributed by atoms with Gasteiger partial charge in [0.15, 0.2) is 0 Å². The van der Waals surface area contributed by atoms with Crippen molar-refractivity contribution in [3.8, 4) is 6.07 Å². The van der Waals surface area contributed by atoms with Gasteiger partial charge in [-0.2, -0.15) is 5.26 Å². The molecule has 1 unspecified atom stereocenters. The molecular weight excluding hydrogens is 266 g/mol. The fraction of sp³-hybridized carbons (Fsp3) is 0.688. The van der Waals surface area contributed by atoms with Crippen molar-refractivity contribution in [2.24, 2.45) is 5.92 Å². The first-order chi connectivity index (χ1) is 9.83. The third-order valence-electron chi connectivity index (χ3n) is 4.75. The molecule has 1 fully saturated rings. The summed E-state index contributed by atoms with van der Waals surface area (Å²) in [5.41, 5.74) is 2.19. The third kappa shape index (κ3) is 2.57. The lowest BCUT2D eigenvalue weighted by molar-refractivity contribution is 0.296. The van der Waals surface area contributed by atoms with Crippen LogP contribution in [0.2, 0.25) is 0 Å². The van der Waals surface area contributed by atoms with Crippen LogP contribution in [0.3, 0.4) is 0 Å². The second-order valence-corrected chi connectivity index (χ2v) is 7.11. The molecule has 0 saturated heterocycles. The van der Waals surface area contributed by atoms with Crippen molar-refractivity contribution in [2.45, 2.75) is 51.0 Å². The van der Waals surface area contributed by atoms with Gasteiger partial charge in [0.2, 0.25) is 0 Å². The zero-order chi connectivity index (χ0) is 13.9. The van der Waals surface area contributed by atoms with Gasteiger partial charge in [-0.25, -0.2) is 0 Å². The van der Waals surface area contributed by atoms with Crippen LogP contribution in [0, 0.1) is 17.2 Å². The molecule has 1 aromatic heterocycles. The fourth-order valence-electron chi connectivity index (χ4n) is 3.75. The number of hydrogen-bond donors (Lipinski definition) is 2. The highest BCUT2D eigenvalue weighted by Gasteiger charge is 2.29. The third-order valence-corrected chi connectivity index (χ3v) is 6.03. The SMILES string of the molecule is CNc1sc2c(c1C#N)C(CC1CCCCC1)NCC2. The van der Waals surface area contributed by atoms with E-state index in [1.54, 1.807) is 11.3 Å². The van der Waals surface area contributed by atoms with Crippen LogP contribution in [0.25, 0.3) is 0 Å². The van der Waals surface area contributed by atoms with Crippen molar-refractivity contribution in [3.05, 3.63) is 16.0 Å². The minimum Gasteiger partial charge on any atom is -0.379 e. The van der Waals surface area contributed by atoms with E-state index in [9.17, 15) is 5.26 Å². The molecule has 108 valence electrons. The highest BCUT2D eigenvalue weighted by atomic mass is 32.1. The normalized spacial score (nSPS) is 23.1. The molecule has 1 saturated carbocycles. The maximum absolute atomic E-state index is 9.51. The summed E-state index contributed by atoms with van der Waals surface area (Å²) in [5.74, 6) is 0.844. The van der Waals surface area contributed by atoms with E-state index >= 15 is 0 Å². The van der Waals surface area contributed by atoms with Crippen LogP contribution in [-0.2, 0) is 6.42 Å². The standard InChI is InChI=1S/C16H23N3S/c1-18-16-12(10-17)15-13(19-8-7-14(15)20-16)9-11-5-3-2-4-6-11/h11,13,18-19H,2-9H2,1H3. The van der Waals surface area contributed by atoms with E-state index < -0.39 is 0 Å². The summed E-state index contributed by atoms with van der Waals surface area (Å²) in [5, 5.41) is 17.4. The average molecular weight is 289 g/mol. The molecule has 1 aromatic rings. The van der Waals surface area contributed by atoms with Gasteiger partial charge >= 0.3 is 0 Å². The molecule has 1 atom stereocenters. The first kappa shape index (κ1) is 13.9. The smallest absolute Gasteiger partial charge is 0.107 e. The lowest BCUT2D eigenvalue weighted by Crippen LogP contribution is -2.31. The average Bonchev–Trinajstić information content (AvgIpc) is 2.87. The van der Waals surface area contributed by atoms with Crippen LogP contribution < -0.4 is 10.6 Å². The van der Waals surface area contributed by atoms with Crippen LogP contribution in [0.1, 0.15) is 60.6 Å². The molecule has 0 radical (unpaired) electrons. The first-order valence-electron chi connectivity index (χ1n) is 7.80. The van der Waals surface area contributed by atoms with Gasteiger partial charge in [0.1, 0.15) is 11.1 Å². The summed E-state index contributed by atoms with van der Waals surface area (Å²) in [6, 6.07) is 2.83. The van der Waals surface area contributed by atoms with E-state index in [0.717, 1.165) is 29.4 Å². The largest absolute Gasteiger partial charge is 0.379 e. The van der Waals surface area contributed by atoms with E-state index in [2.05, 4.69) is 16.7 Å². The molecule has 20 heavy (non-hydrogen) atoms. The van der Waals surface area contributed by atoms with E-state index in [1.807, 2.05) is 7.05 Å². The molecule has 4 heteroatoms. The number of nitrogens with one attached hydrogen (secondary N) is 2. The molecular formula is C16H23N3S. The number of fused-ring (bicyclic) bond motifs is 1. The molecule has 3 nitrogen and oxygen atoms in total. The van der Waals surface area contributed by atoms with Gasteiger partial charge in [-0.15, -0.1) is 11.3 Å². The van der Waals surface area contributed by atoms with E-state index in [4.69, 9.17) is 0 Å². The minimum absolute atomic E-state index is 0.398. The summed E-state index contributed by atoms with van der Waals surface area (Å²) in [4.78, 5) is 1.42. The van der Waals surface area contributed by atoms with E-state index in [1.165, 1.54) is 49.0 Å². The van der Waals surface area contributed by atoms with Crippen molar-refractivity contribution < 1.29 is 0 Å². The van der Waals surface area contributed by atoms with Crippen molar-refractivity contribution in [3.63, 3.8) is 0 Å². The molecule has 0 bridgehead atoms. The van der Waals surface area contributed by atoms with Crippen molar-refractivity contribution in [1.82, 2.24) is 5.32 Å². The second kappa shape index (κ2) is 6.15. The number of rotatable bonds is 3. The van der Waals surface area contributed by atoms with Crippen molar-refractivity contribution in [1.29, 1.82) is 5.26 Å². The molecule has 0 amide bonds. The molecule has 2 heterocycles. The Balaban J connectivity index is 1.85. The summed E-state index contributed by atoms with van der Waals surface area (Å²) in [6.45, 7) is 1.05. The van der Waals surface area contributed by atoms with Crippen LogP contribution in [0.4, 0.5) is 5.00 Å². The lowest BCUT2D eigenvalue weighted by atomic mass is 9.82. The molecule has 2 aliphatic rings. The van der Waals surface area contributed by atoms with Gasteiger partial charge in [0.05, 0.1) is 5.56 Å². The quantitative estimate of drug-likeness (QED) is 0.889. The maximum atomic E-state index is 9.51. The number of anilines is 1. The Morgan fingerprint density at radius 2 is 2.15 bits per heavy atom. The minimum atomic E-state index is 0.398. The molecule has 0 spiro atoms. The topological polar surface area (TPSA) is 47.9 Å². The van der Waals surface area contributed by atoms with Crippen LogP contribution in [-0.4, -0.2) is 13.6 Å². The predicted octanol–water partition coefficient (Wildman–Crippen LogP) is 3.82. The zero-order valence-electron chi connectivity index (χ0n) is 12.2. The van der Waals surface area contributed by atoms with Gasteiger partial charge in [0.25, 0.3) is 0 Å². The predicted molar refractivity (Wildman–Crippen MR) is 84.2 cm³/mol. The molecule has 0 aromatic carbocycles. The highest BCUT2D eigenvalue weighted by Crippen LogP contribution is 2.42. The van der Waals surface area contributed by atoms with Crippen molar-refractivity contribution >= 4 is 16.3 Å². The molecule has 1 aliphatic carbocycles. The first-order valence-corrected chi connectivity index (χ1v) is 8.62. The summed E-state index contributed by atoms with van der Waals surface area (Å²) >= 11 is 1.78. The van der Waals surface area contributed by atoms with Gasteiger partial charge in [-0.1, -0.05) is 32.1 Å². The lowest BCUT2D eigenvalue weighted by Gasteiger charge is -2.30. The number of nitriles is 1. The Kier molecular flexibility index (Phi) is 4.28. The molecule has 1 aliphatic heterocycles. The Morgan fingerprint density at radius 3 is 2.85 bits per heavy atom. The fourth-order valence-corrected chi connectivity index (χ4v) is 4.92. The Labute approximate surface area is 125 Å². The van der Waals surface area contributed by atoms with Crippen LogP contribution >= 0.6 is 11.3 Å². The second-order valence-electron chi connectivity index (χ2n) is 6.00.